The fourth-order valence-electron chi connectivity index (χ4n) is 9.13. The zero-order valence-electron chi connectivity index (χ0n) is 46.2. The summed E-state index contributed by atoms with van der Waals surface area (Å²) in [4.78, 5) is 52.7. The first-order chi connectivity index (χ1) is 38.1. The molecule has 5 unspecified atom stereocenters. The number of rotatable bonds is 29. The molecule has 0 saturated carbocycles. The molecule has 2 amide bonds. The van der Waals surface area contributed by atoms with E-state index in [-0.39, 0.29) is 56.0 Å². The molecule has 7 rings (SSSR count). The monoisotopic (exact) mass is 1120 g/mol. The number of para-hydroxylation sites is 1. The number of alkyl carbamates (subject to hydrolysis) is 1. The van der Waals surface area contributed by atoms with E-state index in [9.17, 15) is 14.4 Å². The van der Waals surface area contributed by atoms with Crippen LogP contribution >= 0.6 is 20.3 Å². The molecule has 0 aliphatic carbocycles. The number of hydrogen-bond acceptors (Lipinski definition) is 17. The molecular weight excluding hydrogens is 1050 g/mol. The van der Waals surface area contributed by atoms with Crippen LogP contribution < -0.4 is 24.8 Å². The van der Waals surface area contributed by atoms with Gasteiger partial charge in [0.05, 0.1) is 33.8 Å². The maximum Gasteiger partial charge on any atom is 0.407 e. The molecule has 4 aromatic carbocycles. The normalized spacial score (nSPS) is 17.0. The molecule has 0 spiro atoms. The van der Waals surface area contributed by atoms with E-state index in [2.05, 4.69) is 59.5 Å². The quantitative estimate of drug-likeness (QED) is 0.0194. The number of carbonyl (C=O) groups is 3. The Kier molecular flexibility index (Phi) is 21.8. The van der Waals surface area contributed by atoms with Crippen molar-refractivity contribution in [3.63, 3.8) is 0 Å². The van der Waals surface area contributed by atoms with Gasteiger partial charge >= 0.3 is 6.09 Å². The molecule has 2 aromatic heterocycles. The number of aromatic nitrogens is 4. The smallest absolute Gasteiger partial charge is 0.407 e. The molecule has 3 heterocycles. The van der Waals surface area contributed by atoms with E-state index in [0.29, 0.717) is 40.6 Å². The number of thioether (sulfide) groups is 1. The van der Waals surface area contributed by atoms with Crippen LogP contribution in [0.25, 0.3) is 11.2 Å². The SMILES string of the molecule is C=CCOC(=O)NCCC(C)(C)C(=O)SCCOP(OC1C(COC(c2ccccc2)(c2ccc(OC)cc2)c2ccc(OC)cc2)OC(n2cnc3c(NC(=O)COc4ccccc4)ncnc32)C1OC)N(C(C)C)C(C)C. The predicted octanol–water partition coefficient (Wildman–Crippen LogP) is 10.1. The van der Waals surface area contributed by atoms with Crippen LogP contribution in [0.2, 0.25) is 0 Å². The fraction of sp³-hybridized carbons (Fsp3) is 0.414. The minimum absolute atomic E-state index is 0.0456. The van der Waals surface area contributed by atoms with Crippen LogP contribution in [0.1, 0.15) is 70.9 Å². The lowest BCUT2D eigenvalue weighted by Gasteiger charge is -2.39. The molecule has 5 atom stereocenters. The Morgan fingerprint density at radius 2 is 1.44 bits per heavy atom. The minimum atomic E-state index is -1.90. The average Bonchev–Trinajstić information content (AvgIpc) is 4.28. The van der Waals surface area contributed by atoms with Crippen molar-refractivity contribution in [3.8, 4) is 17.2 Å². The Morgan fingerprint density at radius 1 is 0.823 bits per heavy atom. The fourth-order valence-corrected chi connectivity index (χ4v) is 11.9. The van der Waals surface area contributed by atoms with Crippen molar-refractivity contribution in [2.45, 2.75) is 90.2 Å². The molecule has 1 aliphatic heterocycles. The Labute approximate surface area is 468 Å². The summed E-state index contributed by atoms with van der Waals surface area (Å²) in [6.07, 6.45) is 0.767. The molecule has 1 fully saturated rings. The number of nitrogens with one attached hydrogen (secondary N) is 2. The van der Waals surface area contributed by atoms with Crippen molar-refractivity contribution in [1.29, 1.82) is 0 Å². The van der Waals surface area contributed by atoms with Gasteiger partial charge in [0.15, 0.2) is 34.9 Å². The summed E-state index contributed by atoms with van der Waals surface area (Å²) in [7, 11) is 2.94. The summed E-state index contributed by atoms with van der Waals surface area (Å²) < 4.78 is 61.1. The second-order valence-electron chi connectivity index (χ2n) is 19.6. The van der Waals surface area contributed by atoms with E-state index in [4.69, 9.17) is 47.2 Å². The van der Waals surface area contributed by atoms with Crippen LogP contribution in [0.15, 0.2) is 135 Å². The highest BCUT2D eigenvalue weighted by Crippen LogP contribution is 2.52. The summed E-state index contributed by atoms with van der Waals surface area (Å²) in [6.45, 7) is 15.8. The van der Waals surface area contributed by atoms with Gasteiger partial charge in [-0.2, -0.15) is 0 Å². The Bertz CT molecular complexity index is 2840. The van der Waals surface area contributed by atoms with Gasteiger partial charge in [0, 0.05) is 36.9 Å². The van der Waals surface area contributed by atoms with Crippen LogP contribution in [0.3, 0.4) is 0 Å². The molecule has 0 radical (unpaired) electrons. The van der Waals surface area contributed by atoms with Gasteiger partial charge in [-0.15, -0.1) is 0 Å². The van der Waals surface area contributed by atoms with E-state index in [0.717, 1.165) is 28.5 Å². The first kappa shape index (κ1) is 60.2. The van der Waals surface area contributed by atoms with Crippen LogP contribution in [0.4, 0.5) is 10.6 Å². The highest BCUT2D eigenvalue weighted by molar-refractivity contribution is 8.13. The predicted molar refractivity (Wildman–Crippen MR) is 304 cm³/mol. The maximum atomic E-state index is 13.6. The molecule has 1 saturated heterocycles. The number of ether oxygens (including phenoxy) is 7. The third kappa shape index (κ3) is 15.1. The number of amides is 2. The number of hydrogen-bond donors (Lipinski definition) is 2. The lowest BCUT2D eigenvalue weighted by Crippen LogP contribution is -2.42. The minimum Gasteiger partial charge on any atom is -0.497 e. The van der Waals surface area contributed by atoms with Crippen LogP contribution in [-0.2, 0) is 43.2 Å². The van der Waals surface area contributed by atoms with Gasteiger partial charge < -0.3 is 52.8 Å². The van der Waals surface area contributed by atoms with E-state index < -0.39 is 56.1 Å². The third-order valence-corrected chi connectivity index (χ3v) is 16.4. The van der Waals surface area contributed by atoms with Crippen molar-refractivity contribution in [3.05, 3.63) is 151 Å². The van der Waals surface area contributed by atoms with Crippen molar-refractivity contribution in [2.75, 3.05) is 65.4 Å². The van der Waals surface area contributed by atoms with E-state index in [1.54, 1.807) is 44.4 Å². The van der Waals surface area contributed by atoms with Crippen molar-refractivity contribution >= 4 is 54.4 Å². The number of methoxy groups -OCH3 is 3. The molecular formula is C58H72N7O12PS. The molecule has 2 N–H and O–H groups in total. The highest BCUT2D eigenvalue weighted by Gasteiger charge is 2.51. The molecule has 6 aromatic rings. The van der Waals surface area contributed by atoms with E-state index in [1.807, 2.05) is 111 Å². The van der Waals surface area contributed by atoms with Crippen LogP contribution in [-0.4, -0.2) is 132 Å². The van der Waals surface area contributed by atoms with E-state index in [1.165, 1.54) is 12.4 Å². The molecule has 422 valence electrons. The maximum absolute atomic E-state index is 13.6. The zero-order valence-corrected chi connectivity index (χ0v) is 47.9. The van der Waals surface area contributed by atoms with Gasteiger partial charge in [-0.1, -0.05) is 111 Å². The van der Waals surface area contributed by atoms with Gasteiger partial charge in [0.2, 0.25) is 0 Å². The van der Waals surface area contributed by atoms with Crippen LogP contribution in [0, 0.1) is 5.41 Å². The molecule has 19 nitrogen and oxygen atoms in total. The van der Waals surface area contributed by atoms with Gasteiger partial charge in [0.25, 0.3) is 14.4 Å². The summed E-state index contributed by atoms with van der Waals surface area (Å²) >= 11 is 1.16. The first-order valence-electron chi connectivity index (χ1n) is 26.0. The summed E-state index contributed by atoms with van der Waals surface area (Å²) in [5.41, 5.74) is 1.15. The lowest BCUT2D eigenvalue weighted by molar-refractivity contribution is -0.119. The third-order valence-electron chi connectivity index (χ3n) is 13.1. The summed E-state index contributed by atoms with van der Waals surface area (Å²) in [5, 5.41) is 5.48. The lowest BCUT2D eigenvalue weighted by atomic mass is 9.80. The van der Waals surface area contributed by atoms with Gasteiger partial charge in [-0.05, 0) is 87.2 Å². The number of carbonyl (C=O) groups excluding carboxylic acids is 3. The Balaban J connectivity index is 1.23. The number of anilines is 1. The summed E-state index contributed by atoms with van der Waals surface area (Å²) in [6, 6.07) is 34.5. The second kappa shape index (κ2) is 28.6. The van der Waals surface area contributed by atoms with Crippen LogP contribution in [0.5, 0.6) is 17.2 Å². The zero-order chi connectivity index (χ0) is 56.5. The highest BCUT2D eigenvalue weighted by atomic mass is 32.2. The molecule has 21 heteroatoms. The largest absolute Gasteiger partial charge is 0.497 e. The average molecular weight is 1120 g/mol. The molecule has 79 heavy (non-hydrogen) atoms. The van der Waals surface area contributed by atoms with E-state index >= 15 is 0 Å². The summed E-state index contributed by atoms with van der Waals surface area (Å²) in [5.74, 6) is 1.96. The number of benzene rings is 4. The van der Waals surface area contributed by atoms with Gasteiger partial charge in [-0.3, -0.25) is 14.2 Å². The topological polar surface area (TPSA) is 205 Å². The van der Waals surface area contributed by atoms with Gasteiger partial charge in [0.1, 0.15) is 54.1 Å². The number of nitrogens with zero attached hydrogens (tertiary/aromatic N) is 5. The second-order valence-corrected chi connectivity index (χ2v) is 22.0. The Hall–Kier alpha value is -6.48. The van der Waals surface area contributed by atoms with Crippen molar-refractivity contribution < 1.29 is 56.6 Å². The molecule has 0 bridgehead atoms. The van der Waals surface area contributed by atoms with Crippen molar-refractivity contribution in [1.82, 2.24) is 29.5 Å². The van der Waals surface area contributed by atoms with Gasteiger partial charge in [-0.25, -0.2) is 24.4 Å². The number of imidazole rings is 1. The number of fused-ring (bicyclic) bond motifs is 1. The standard InChI is InChI=1S/C58H72N7O12PS/c1-11-32-72-56(68)59-31-30-57(6,7)55(67)79-34-33-75-78(65(39(2)3)40(4)5)77-50-47(35-74-58(41-18-14-12-15-19-41,42-22-26-44(69-8)27-23-42)43-24-28-45(70-9)29-25-43)76-54(51(50)71-10)64-38-62-49-52(60-37-61-53(49)64)63-48(66)36-73-46-20-16-13-17-21-46/h11-29,37-40,47,50-51,54H,1,30-36H2,2-10H3,(H,59,68)(H,60,61,63,66). The first-order valence-corrected chi connectivity index (χ1v) is 28.1. The Morgan fingerprint density at radius 3 is 2.04 bits per heavy atom. The molecule has 1 aliphatic rings. The van der Waals surface area contributed by atoms with Crippen molar-refractivity contribution in [2.24, 2.45) is 5.41 Å².